The molecule has 106 valence electrons. The normalized spacial score (nSPS) is 9.86. The van der Waals surface area contributed by atoms with Gasteiger partial charge in [-0.2, -0.15) is 5.26 Å². The van der Waals surface area contributed by atoms with Crippen LogP contribution in [0, 0.1) is 11.3 Å². The number of carbonyl (C=O) groups is 2. The predicted octanol–water partition coefficient (Wildman–Crippen LogP) is 1.93. The van der Waals surface area contributed by atoms with E-state index < -0.39 is 17.6 Å². The summed E-state index contributed by atoms with van der Waals surface area (Å²) in [5.41, 5.74) is 0.479. The van der Waals surface area contributed by atoms with E-state index >= 15 is 0 Å². The Morgan fingerprint density at radius 1 is 1.33 bits per heavy atom. The van der Waals surface area contributed by atoms with Gasteiger partial charge in [0.05, 0.1) is 12.5 Å². The molecule has 1 N–H and O–H groups in total. The zero-order valence-electron chi connectivity index (χ0n) is 10.9. The number of hydrogen-bond donors (Lipinski definition) is 1. The second-order valence-electron chi connectivity index (χ2n) is 4.08. The Morgan fingerprint density at radius 2 is 2.05 bits per heavy atom. The lowest BCUT2D eigenvalue weighted by atomic mass is 10.2. The largest absolute Gasteiger partial charge is 0.475 e. The predicted molar refractivity (Wildman–Crippen MR) is 71.8 cm³/mol. The summed E-state index contributed by atoms with van der Waals surface area (Å²) in [6.45, 7) is 0.175. The molecular formula is C14H11N3O4. The lowest BCUT2D eigenvalue weighted by molar-refractivity contribution is 0.0651. The molecule has 0 aliphatic carbocycles. The van der Waals surface area contributed by atoms with E-state index in [1.54, 1.807) is 30.3 Å². The van der Waals surface area contributed by atoms with E-state index in [0.717, 1.165) is 6.07 Å². The fourth-order valence-electron chi connectivity index (χ4n) is 1.73. The molecule has 1 heterocycles. The standard InChI is InChI=1S/C14H11N3O4/c15-7-4-8-17(10-5-2-1-3-6-10)13(18)11-9-12(14(19)20)21-16-11/h1-3,5-6,9H,4,8H2,(H,19,20). The number of carbonyl (C=O) groups excluding carboxylic acids is 1. The lowest BCUT2D eigenvalue weighted by Gasteiger charge is -2.20. The van der Waals surface area contributed by atoms with Crippen LogP contribution in [-0.2, 0) is 0 Å². The van der Waals surface area contributed by atoms with Crippen molar-refractivity contribution in [2.75, 3.05) is 11.4 Å². The zero-order chi connectivity index (χ0) is 15.2. The number of nitrogens with zero attached hydrogens (tertiary/aromatic N) is 3. The van der Waals surface area contributed by atoms with Crippen molar-refractivity contribution in [1.29, 1.82) is 5.26 Å². The van der Waals surface area contributed by atoms with Crippen molar-refractivity contribution >= 4 is 17.6 Å². The van der Waals surface area contributed by atoms with E-state index in [4.69, 9.17) is 10.4 Å². The number of benzene rings is 1. The van der Waals surface area contributed by atoms with Gasteiger partial charge in [-0.3, -0.25) is 4.79 Å². The van der Waals surface area contributed by atoms with Crippen LogP contribution in [0.2, 0.25) is 0 Å². The Morgan fingerprint density at radius 3 is 2.62 bits per heavy atom. The van der Waals surface area contributed by atoms with Gasteiger partial charge in [0, 0.05) is 18.3 Å². The van der Waals surface area contributed by atoms with Crippen LogP contribution >= 0.6 is 0 Å². The summed E-state index contributed by atoms with van der Waals surface area (Å²) in [5.74, 6) is -2.23. The molecule has 0 saturated heterocycles. The lowest BCUT2D eigenvalue weighted by Crippen LogP contribution is -2.32. The number of hydrogen-bond acceptors (Lipinski definition) is 5. The highest BCUT2D eigenvalue weighted by atomic mass is 16.5. The molecule has 1 amide bonds. The van der Waals surface area contributed by atoms with Gasteiger partial charge in [0.2, 0.25) is 5.76 Å². The number of rotatable bonds is 5. The highest BCUT2D eigenvalue weighted by Crippen LogP contribution is 2.17. The Kier molecular flexibility index (Phi) is 4.31. The van der Waals surface area contributed by atoms with Crippen LogP contribution in [0.15, 0.2) is 40.9 Å². The van der Waals surface area contributed by atoms with Crippen molar-refractivity contribution in [2.24, 2.45) is 0 Å². The van der Waals surface area contributed by atoms with Crippen LogP contribution in [-0.4, -0.2) is 28.7 Å². The van der Waals surface area contributed by atoms with Crippen molar-refractivity contribution in [3.8, 4) is 6.07 Å². The van der Waals surface area contributed by atoms with Gasteiger partial charge in [0.25, 0.3) is 5.91 Å². The van der Waals surface area contributed by atoms with Crippen LogP contribution in [0.5, 0.6) is 0 Å². The Hall–Kier alpha value is -3.14. The maximum absolute atomic E-state index is 12.4. The molecule has 0 aliphatic rings. The Labute approximate surface area is 120 Å². The first-order valence-corrected chi connectivity index (χ1v) is 6.07. The van der Waals surface area contributed by atoms with E-state index in [-0.39, 0.29) is 18.7 Å². The number of carboxylic acids is 1. The molecule has 0 spiro atoms. The van der Waals surface area contributed by atoms with E-state index in [2.05, 4.69) is 9.68 Å². The molecule has 21 heavy (non-hydrogen) atoms. The van der Waals surface area contributed by atoms with Crippen LogP contribution in [0.1, 0.15) is 27.5 Å². The second-order valence-corrected chi connectivity index (χ2v) is 4.08. The summed E-state index contributed by atoms with van der Waals surface area (Å²) in [4.78, 5) is 24.5. The fourth-order valence-corrected chi connectivity index (χ4v) is 1.73. The molecule has 1 aromatic carbocycles. The Bertz CT molecular complexity index is 688. The summed E-state index contributed by atoms with van der Waals surface area (Å²) < 4.78 is 4.58. The first-order valence-electron chi connectivity index (χ1n) is 6.07. The molecule has 7 heteroatoms. The monoisotopic (exact) mass is 285 g/mol. The van der Waals surface area contributed by atoms with Gasteiger partial charge in [-0.05, 0) is 12.1 Å². The molecule has 0 fully saturated rings. The van der Waals surface area contributed by atoms with Gasteiger partial charge in [-0.25, -0.2) is 4.79 Å². The van der Waals surface area contributed by atoms with E-state index in [1.807, 2.05) is 6.07 Å². The topological polar surface area (TPSA) is 107 Å². The highest BCUT2D eigenvalue weighted by Gasteiger charge is 2.22. The van der Waals surface area contributed by atoms with Gasteiger partial charge in [-0.1, -0.05) is 23.4 Å². The van der Waals surface area contributed by atoms with E-state index in [9.17, 15) is 9.59 Å². The average molecular weight is 285 g/mol. The minimum atomic E-state index is -1.30. The van der Waals surface area contributed by atoms with Crippen LogP contribution in [0.3, 0.4) is 0 Å². The molecule has 0 unspecified atom stereocenters. The number of carboxylic acid groups (broad SMARTS) is 1. The van der Waals surface area contributed by atoms with Crippen molar-refractivity contribution in [2.45, 2.75) is 6.42 Å². The van der Waals surface area contributed by atoms with Gasteiger partial charge in [-0.15, -0.1) is 0 Å². The van der Waals surface area contributed by atoms with Gasteiger partial charge < -0.3 is 14.5 Å². The van der Waals surface area contributed by atoms with Crippen molar-refractivity contribution < 1.29 is 19.2 Å². The molecule has 2 aromatic rings. The number of aromatic carboxylic acids is 1. The van der Waals surface area contributed by atoms with Gasteiger partial charge in [0.15, 0.2) is 5.69 Å². The molecule has 0 atom stereocenters. The number of para-hydroxylation sites is 1. The second kappa shape index (κ2) is 6.34. The molecule has 0 aliphatic heterocycles. The van der Waals surface area contributed by atoms with E-state index in [0.29, 0.717) is 5.69 Å². The number of nitriles is 1. The summed E-state index contributed by atoms with van der Waals surface area (Å²) in [6, 6.07) is 11.8. The summed E-state index contributed by atoms with van der Waals surface area (Å²) in [6.07, 6.45) is 0.143. The highest BCUT2D eigenvalue weighted by molar-refractivity contribution is 6.05. The van der Waals surface area contributed by atoms with Crippen molar-refractivity contribution in [3.05, 3.63) is 47.9 Å². The van der Waals surface area contributed by atoms with E-state index in [1.165, 1.54) is 4.90 Å². The first-order chi connectivity index (χ1) is 10.1. The van der Waals surface area contributed by atoms with Crippen LogP contribution in [0.25, 0.3) is 0 Å². The van der Waals surface area contributed by atoms with Crippen LogP contribution in [0.4, 0.5) is 5.69 Å². The molecule has 0 bridgehead atoms. The third kappa shape index (κ3) is 3.25. The van der Waals surface area contributed by atoms with Gasteiger partial charge >= 0.3 is 5.97 Å². The maximum Gasteiger partial charge on any atom is 0.374 e. The number of anilines is 1. The van der Waals surface area contributed by atoms with Gasteiger partial charge in [0.1, 0.15) is 0 Å². The summed E-state index contributed by atoms with van der Waals surface area (Å²) in [7, 11) is 0. The number of aromatic nitrogens is 1. The summed E-state index contributed by atoms with van der Waals surface area (Å²) >= 11 is 0. The smallest absolute Gasteiger partial charge is 0.374 e. The van der Waals surface area contributed by atoms with Crippen molar-refractivity contribution in [1.82, 2.24) is 5.16 Å². The maximum atomic E-state index is 12.4. The SMILES string of the molecule is N#CCCN(C(=O)c1cc(C(=O)O)on1)c1ccccc1. The quantitative estimate of drug-likeness (QED) is 0.899. The molecular weight excluding hydrogens is 274 g/mol. The molecule has 0 radical (unpaired) electrons. The van der Waals surface area contributed by atoms with Crippen LogP contribution < -0.4 is 4.90 Å². The molecule has 1 aromatic heterocycles. The minimum absolute atomic E-state index is 0.116. The molecule has 2 rings (SSSR count). The fraction of sp³-hybridized carbons (Fsp3) is 0.143. The minimum Gasteiger partial charge on any atom is -0.475 e. The first kappa shape index (κ1) is 14.3. The van der Waals surface area contributed by atoms with Crippen molar-refractivity contribution in [3.63, 3.8) is 0 Å². The average Bonchev–Trinajstić information content (AvgIpc) is 2.98. The summed E-state index contributed by atoms with van der Waals surface area (Å²) in [5, 5.41) is 20.9. The molecule has 7 nitrogen and oxygen atoms in total. The number of amides is 1. The zero-order valence-corrected chi connectivity index (χ0v) is 10.9. The third-order valence-electron chi connectivity index (χ3n) is 2.70. The third-order valence-corrected chi connectivity index (χ3v) is 2.70. The molecule has 0 saturated carbocycles. The Balaban J connectivity index is 2.29.